The molecule has 0 amide bonds. The highest BCUT2D eigenvalue weighted by Crippen LogP contribution is 2.36. The van der Waals surface area contributed by atoms with E-state index in [4.69, 9.17) is 26.8 Å². The Bertz CT molecular complexity index is 655. The summed E-state index contributed by atoms with van der Waals surface area (Å²) in [6, 6.07) is 9.18. The fourth-order valence-electron chi connectivity index (χ4n) is 2.44. The van der Waals surface area contributed by atoms with Crippen molar-refractivity contribution in [2.24, 2.45) is 5.73 Å². The first kappa shape index (κ1) is 15.7. The number of hydrogen-bond acceptors (Lipinski definition) is 3. The van der Waals surface area contributed by atoms with Gasteiger partial charge in [0.05, 0.1) is 20.3 Å². The molecule has 0 radical (unpaired) electrons. The third-order valence-corrected chi connectivity index (χ3v) is 4.01. The Morgan fingerprint density at radius 1 is 1.00 bits per heavy atom. The van der Waals surface area contributed by atoms with Gasteiger partial charge in [0.25, 0.3) is 0 Å². The lowest BCUT2D eigenvalue weighted by Crippen LogP contribution is -2.15. The Morgan fingerprint density at radius 2 is 1.67 bits per heavy atom. The van der Waals surface area contributed by atoms with Gasteiger partial charge in [0.2, 0.25) is 0 Å². The summed E-state index contributed by atoms with van der Waals surface area (Å²) >= 11 is 6.01. The quantitative estimate of drug-likeness (QED) is 0.928. The van der Waals surface area contributed by atoms with Crippen molar-refractivity contribution in [1.82, 2.24) is 0 Å². The molecule has 2 aromatic carbocycles. The molecule has 0 aliphatic carbocycles. The molecular formula is C17H20ClNO2. The summed E-state index contributed by atoms with van der Waals surface area (Å²) in [5.74, 6) is 1.50. The van der Waals surface area contributed by atoms with E-state index in [1.54, 1.807) is 20.3 Å². The molecule has 0 aliphatic rings. The largest absolute Gasteiger partial charge is 0.496 e. The maximum absolute atomic E-state index is 6.44. The molecule has 0 saturated heterocycles. The number of halogens is 1. The van der Waals surface area contributed by atoms with Crippen LogP contribution in [0.3, 0.4) is 0 Å². The first-order chi connectivity index (χ1) is 9.99. The monoisotopic (exact) mass is 305 g/mol. The van der Waals surface area contributed by atoms with Crippen LogP contribution >= 0.6 is 11.6 Å². The van der Waals surface area contributed by atoms with E-state index in [2.05, 4.69) is 13.0 Å². The molecule has 4 heteroatoms. The number of benzene rings is 2. The zero-order valence-corrected chi connectivity index (χ0v) is 13.5. The highest BCUT2D eigenvalue weighted by atomic mass is 35.5. The molecule has 0 fully saturated rings. The lowest BCUT2D eigenvalue weighted by Gasteiger charge is -2.21. The van der Waals surface area contributed by atoms with Crippen molar-refractivity contribution in [2.45, 2.75) is 19.9 Å². The third-order valence-electron chi connectivity index (χ3n) is 3.78. The van der Waals surface area contributed by atoms with Crippen molar-refractivity contribution >= 4 is 11.6 Å². The van der Waals surface area contributed by atoms with Crippen LogP contribution in [0.15, 0.2) is 30.3 Å². The van der Waals surface area contributed by atoms with Gasteiger partial charge < -0.3 is 15.2 Å². The van der Waals surface area contributed by atoms with Gasteiger partial charge in [-0.15, -0.1) is 0 Å². The zero-order valence-electron chi connectivity index (χ0n) is 12.7. The van der Waals surface area contributed by atoms with Crippen LogP contribution in [-0.4, -0.2) is 14.2 Å². The van der Waals surface area contributed by atoms with E-state index in [0.717, 1.165) is 22.4 Å². The van der Waals surface area contributed by atoms with Crippen LogP contribution in [0.1, 0.15) is 28.3 Å². The Kier molecular flexibility index (Phi) is 4.76. The first-order valence-corrected chi connectivity index (χ1v) is 7.10. The minimum Gasteiger partial charge on any atom is -0.496 e. The minimum absolute atomic E-state index is 0.341. The fourth-order valence-corrected chi connectivity index (χ4v) is 2.60. The molecule has 112 valence electrons. The lowest BCUT2D eigenvalue weighted by molar-refractivity contribution is 0.398. The molecular weight excluding hydrogens is 286 g/mol. The van der Waals surface area contributed by atoms with Gasteiger partial charge in [0.1, 0.15) is 11.5 Å². The second-order valence-corrected chi connectivity index (χ2v) is 5.43. The lowest BCUT2D eigenvalue weighted by atomic mass is 9.94. The highest BCUT2D eigenvalue weighted by molar-refractivity contribution is 6.30. The van der Waals surface area contributed by atoms with E-state index in [9.17, 15) is 0 Å². The average molecular weight is 306 g/mol. The van der Waals surface area contributed by atoms with E-state index < -0.39 is 0 Å². The molecule has 2 N–H and O–H groups in total. The summed E-state index contributed by atoms with van der Waals surface area (Å²) in [5, 5.41) is 0.620. The van der Waals surface area contributed by atoms with Crippen LogP contribution in [-0.2, 0) is 0 Å². The Balaban J connectivity index is 2.55. The number of nitrogens with two attached hydrogens (primary N) is 1. The molecule has 0 bridgehead atoms. The number of ether oxygens (including phenoxy) is 2. The van der Waals surface area contributed by atoms with Crippen molar-refractivity contribution in [2.75, 3.05) is 14.2 Å². The van der Waals surface area contributed by atoms with Gasteiger partial charge in [0.15, 0.2) is 0 Å². The first-order valence-electron chi connectivity index (χ1n) is 6.72. The maximum atomic E-state index is 6.44. The van der Waals surface area contributed by atoms with Crippen LogP contribution in [0.25, 0.3) is 0 Å². The second kappa shape index (κ2) is 6.37. The standard InChI is InChI=1S/C17H20ClNO2/c1-10-5-7-14(17(21-4)11(10)2)16(19)13-8-6-12(18)9-15(13)20-3/h5-9,16H,19H2,1-4H3. The molecule has 1 unspecified atom stereocenters. The Labute approximate surface area is 130 Å². The molecule has 2 rings (SSSR count). The fraction of sp³-hybridized carbons (Fsp3) is 0.294. The Morgan fingerprint density at radius 3 is 2.29 bits per heavy atom. The zero-order chi connectivity index (χ0) is 15.6. The molecule has 0 aliphatic heterocycles. The molecule has 0 spiro atoms. The average Bonchev–Trinajstić information content (AvgIpc) is 2.49. The van der Waals surface area contributed by atoms with E-state index in [-0.39, 0.29) is 6.04 Å². The van der Waals surface area contributed by atoms with Gasteiger partial charge in [-0.05, 0) is 37.1 Å². The van der Waals surface area contributed by atoms with Gasteiger partial charge in [-0.1, -0.05) is 29.8 Å². The van der Waals surface area contributed by atoms with Crippen LogP contribution < -0.4 is 15.2 Å². The van der Waals surface area contributed by atoms with Crippen molar-refractivity contribution in [3.63, 3.8) is 0 Å². The number of hydrogen-bond donors (Lipinski definition) is 1. The van der Waals surface area contributed by atoms with Gasteiger partial charge in [-0.2, -0.15) is 0 Å². The van der Waals surface area contributed by atoms with Crippen LogP contribution in [0, 0.1) is 13.8 Å². The van der Waals surface area contributed by atoms with Crippen LogP contribution in [0.2, 0.25) is 5.02 Å². The van der Waals surface area contributed by atoms with Crippen molar-refractivity contribution in [3.05, 3.63) is 57.6 Å². The number of aryl methyl sites for hydroxylation is 1. The van der Waals surface area contributed by atoms with E-state index in [1.165, 1.54) is 5.56 Å². The van der Waals surface area contributed by atoms with Crippen molar-refractivity contribution in [1.29, 1.82) is 0 Å². The molecule has 1 atom stereocenters. The summed E-state index contributed by atoms with van der Waals surface area (Å²) < 4.78 is 10.9. The molecule has 3 nitrogen and oxygen atoms in total. The van der Waals surface area contributed by atoms with Gasteiger partial charge in [-0.3, -0.25) is 0 Å². The summed E-state index contributed by atoms with van der Waals surface area (Å²) in [6.45, 7) is 4.08. The van der Waals surface area contributed by atoms with E-state index >= 15 is 0 Å². The predicted octanol–water partition coefficient (Wildman–Crippen LogP) is 4.02. The topological polar surface area (TPSA) is 44.5 Å². The predicted molar refractivity (Wildman–Crippen MR) is 86.5 cm³/mol. The van der Waals surface area contributed by atoms with Gasteiger partial charge >= 0.3 is 0 Å². The molecule has 0 aromatic heterocycles. The number of methoxy groups -OCH3 is 2. The van der Waals surface area contributed by atoms with Crippen molar-refractivity contribution < 1.29 is 9.47 Å². The van der Waals surface area contributed by atoms with Crippen LogP contribution in [0.4, 0.5) is 0 Å². The highest BCUT2D eigenvalue weighted by Gasteiger charge is 2.20. The van der Waals surface area contributed by atoms with Crippen LogP contribution in [0.5, 0.6) is 11.5 Å². The summed E-state index contributed by atoms with van der Waals surface area (Å²) in [5.41, 5.74) is 10.5. The summed E-state index contributed by atoms with van der Waals surface area (Å²) in [7, 11) is 3.27. The number of rotatable bonds is 4. The molecule has 21 heavy (non-hydrogen) atoms. The summed E-state index contributed by atoms with van der Waals surface area (Å²) in [4.78, 5) is 0. The summed E-state index contributed by atoms with van der Waals surface area (Å²) in [6.07, 6.45) is 0. The minimum atomic E-state index is -0.341. The van der Waals surface area contributed by atoms with Gasteiger partial charge in [0, 0.05) is 16.1 Å². The SMILES string of the molecule is COc1cc(Cl)ccc1C(N)c1ccc(C)c(C)c1OC. The smallest absolute Gasteiger partial charge is 0.127 e. The van der Waals surface area contributed by atoms with E-state index in [1.807, 2.05) is 25.1 Å². The molecule has 0 saturated carbocycles. The normalized spacial score (nSPS) is 12.1. The Hall–Kier alpha value is -1.71. The molecule has 0 heterocycles. The maximum Gasteiger partial charge on any atom is 0.127 e. The van der Waals surface area contributed by atoms with Crippen molar-refractivity contribution in [3.8, 4) is 11.5 Å². The van der Waals surface area contributed by atoms with Gasteiger partial charge in [-0.25, -0.2) is 0 Å². The second-order valence-electron chi connectivity index (χ2n) is 4.99. The molecule has 2 aromatic rings. The van der Waals surface area contributed by atoms with E-state index in [0.29, 0.717) is 10.8 Å². The third kappa shape index (κ3) is 2.99.